The minimum Gasteiger partial charge on any atom is -0.338 e. The van der Waals surface area contributed by atoms with Gasteiger partial charge in [0.15, 0.2) is 10.8 Å². The molecule has 0 spiro atoms. The highest BCUT2D eigenvalue weighted by Gasteiger charge is 2.18. The monoisotopic (exact) mass is 408 g/mol. The van der Waals surface area contributed by atoms with E-state index >= 15 is 0 Å². The van der Waals surface area contributed by atoms with E-state index in [1.807, 2.05) is 6.07 Å². The quantitative estimate of drug-likeness (QED) is 0.466. The summed E-state index contributed by atoms with van der Waals surface area (Å²) in [6.07, 6.45) is 4.97. The lowest BCUT2D eigenvalue weighted by Crippen LogP contribution is -2.28. The lowest BCUT2D eigenvalue weighted by atomic mass is 10.1. The number of urea groups is 1. The number of anilines is 2. The Morgan fingerprint density at radius 3 is 2.79 bits per heavy atom. The van der Waals surface area contributed by atoms with Gasteiger partial charge in [0.1, 0.15) is 5.69 Å². The molecule has 0 aliphatic heterocycles. The highest BCUT2D eigenvalue weighted by molar-refractivity contribution is 7.13. The molecule has 0 radical (unpaired) electrons. The van der Waals surface area contributed by atoms with Gasteiger partial charge in [-0.3, -0.25) is 20.4 Å². The minimum absolute atomic E-state index is 0.0857. The van der Waals surface area contributed by atoms with Crippen LogP contribution >= 0.6 is 11.3 Å². The van der Waals surface area contributed by atoms with E-state index in [1.54, 1.807) is 49.1 Å². The molecule has 0 fully saturated rings. The number of nitrogens with zero attached hydrogens (tertiary/aromatic N) is 5. The lowest BCUT2D eigenvalue weighted by molar-refractivity contribution is 0.102. The summed E-state index contributed by atoms with van der Waals surface area (Å²) < 4.78 is 1.38. The molecule has 3 amide bonds. The Labute approximate surface area is 169 Å². The van der Waals surface area contributed by atoms with Crippen LogP contribution in [0.5, 0.6) is 0 Å². The maximum atomic E-state index is 12.9. The second-order valence-electron chi connectivity index (χ2n) is 5.85. The number of fused-ring (bicyclic) bond motifs is 1. The van der Waals surface area contributed by atoms with Crippen molar-refractivity contribution in [2.75, 3.05) is 17.2 Å². The average Bonchev–Trinajstić information content (AvgIpc) is 3.37. The van der Waals surface area contributed by atoms with Gasteiger partial charge >= 0.3 is 6.03 Å². The molecule has 3 N–H and O–H groups in total. The number of carbonyl (C=O) groups excluding carboxylic acids is 2. The number of thiazole rings is 1. The first-order chi connectivity index (χ1) is 14.1. The second kappa shape index (κ2) is 8.02. The van der Waals surface area contributed by atoms with Crippen LogP contribution in [0.25, 0.3) is 16.8 Å². The van der Waals surface area contributed by atoms with Crippen molar-refractivity contribution >= 4 is 40.0 Å². The molecular weight excluding hydrogens is 392 g/mol. The highest BCUT2D eigenvalue weighted by Crippen LogP contribution is 2.23. The third-order valence-electron chi connectivity index (χ3n) is 3.88. The Balaban J connectivity index is 1.78. The summed E-state index contributed by atoms with van der Waals surface area (Å²) >= 11 is 1.31. The fourth-order valence-corrected chi connectivity index (χ4v) is 3.18. The SMILES string of the molecule is CCNC(=O)Nc1nc2cc(-c3cccnc3)cc(C(=O)Nc3nccs3)n2n1. The van der Waals surface area contributed by atoms with Gasteiger partial charge in [-0.25, -0.2) is 14.3 Å². The Bertz CT molecular complexity index is 1160. The van der Waals surface area contributed by atoms with Gasteiger partial charge in [-0.05, 0) is 30.7 Å². The van der Waals surface area contributed by atoms with Gasteiger partial charge in [-0.1, -0.05) is 6.07 Å². The summed E-state index contributed by atoms with van der Waals surface area (Å²) in [5.41, 5.74) is 2.21. The van der Waals surface area contributed by atoms with Crippen LogP contribution in [-0.2, 0) is 0 Å². The third kappa shape index (κ3) is 4.04. The predicted molar refractivity (Wildman–Crippen MR) is 109 cm³/mol. The molecule has 10 nitrogen and oxygen atoms in total. The van der Waals surface area contributed by atoms with E-state index in [0.29, 0.717) is 17.3 Å². The van der Waals surface area contributed by atoms with Crippen molar-refractivity contribution in [3.05, 3.63) is 53.9 Å². The Hall–Kier alpha value is -3.86. The van der Waals surface area contributed by atoms with Crippen LogP contribution in [0.15, 0.2) is 48.2 Å². The predicted octanol–water partition coefficient (Wildman–Crippen LogP) is 2.64. The molecule has 0 saturated heterocycles. The number of nitrogens with one attached hydrogen (secondary N) is 3. The standard InChI is InChI=1S/C18H16N8O2S/c1-2-20-17(28)24-16-22-14-9-12(11-4-3-5-19-10-11)8-13(26(14)25-16)15(27)23-18-21-6-7-29-18/h3-10H,2H2,1H3,(H,21,23,27)(H2,20,24,25,28). The molecule has 0 aliphatic carbocycles. The van der Waals surface area contributed by atoms with Crippen LogP contribution in [0.3, 0.4) is 0 Å². The lowest BCUT2D eigenvalue weighted by Gasteiger charge is -2.07. The Morgan fingerprint density at radius 1 is 1.17 bits per heavy atom. The van der Waals surface area contributed by atoms with E-state index in [1.165, 1.54) is 15.9 Å². The largest absolute Gasteiger partial charge is 0.338 e. The molecule has 0 saturated carbocycles. The molecule has 146 valence electrons. The topological polar surface area (TPSA) is 126 Å². The summed E-state index contributed by atoms with van der Waals surface area (Å²) in [7, 11) is 0. The van der Waals surface area contributed by atoms with E-state index < -0.39 is 11.9 Å². The van der Waals surface area contributed by atoms with E-state index in [-0.39, 0.29) is 11.6 Å². The van der Waals surface area contributed by atoms with Crippen molar-refractivity contribution in [2.24, 2.45) is 0 Å². The van der Waals surface area contributed by atoms with Crippen LogP contribution in [0, 0.1) is 0 Å². The molecule has 4 aromatic heterocycles. The fraction of sp³-hybridized carbons (Fsp3) is 0.111. The van der Waals surface area contributed by atoms with Gasteiger partial charge in [-0.2, -0.15) is 4.98 Å². The number of hydrogen-bond donors (Lipinski definition) is 3. The van der Waals surface area contributed by atoms with Crippen LogP contribution in [0.1, 0.15) is 17.4 Å². The molecule has 29 heavy (non-hydrogen) atoms. The Kier molecular flexibility index (Phi) is 5.12. The number of aromatic nitrogens is 5. The van der Waals surface area contributed by atoms with E-state index in [9.17, 15) is 9.59 Å². The van der Waals surface area contributed by atoms with Crippen molar-refractivity contribution in [3.8, 4) is 11.1 Å². The van der Waals surface area contributed by atoms with Crippen LogP contribution in [0.2, 0.25) is 0 Å². The maximum Gasteiger partial charge on any atom is 0.321 e. The molecule has 4 aromatic rings. The maximum absolute atomic E-state index is 12.9. The van der Waals surface area contributed by atoms with Crippen molar-refractivity contribution in [2.45, 2.75) is 6.92 Å². The molecule has 4 rings (SSSR count). The van der Waals surface area contributed by atoms with Gasteiger partial charge in [0, 0.05) is 36.1 Å². The zero-order valence-electron chi connectivity index (χ0n) is 15.3. The van der Waals surface area contributed by atoms with Gasteiger partial charge < -0.3 is 5.32 Å². The molecule has 0 atom stereocenters. The number of hydrogen-bond acceptors (Lipinski definition) is 7. The molecule has 0 aliphatic rings. The summed E-state index contributed by atoms with van der Waals surface area (Å²) in [6, 6.07) is 6.72. The van der Waals surface area contributed by atoms with Crippen molar-refractivity contribution in [1.82, 2.24) is 29.9 Å². The fourth-order valence-electron chi connectivity index (χ4n) is 2.65. The number of pyridine rings is 2. The zero-order chi connectivity index (χ0) is 20.2. The molecule has 11 heteroatoms. The van der Waals surface area contributed by atoms with Gasteiger partial charge in [-0.15, -0.1) is 16.4 Å². The van der Waals surface area contributed by atoms with Crippen molar-refractivity contribution in [3.63, 3.8) is 0 Å². The van der Waals surface area contributed by atoms with Gasteiger partial charge in [0.25, 0.3) is 11.9 Å². The molecule has 4 heterocycles. The van der Waals surface area contributed by atoms with Crippen LogP contribution < -0.4 is 16.0 Å². The molecule has 0 aromatic carbocycles. The van der Waals surface area contributed by atoms with E-state index in [0.717, 1.165) is 11.1 Å². The Morgan fingerprint density at radius 2 is 2.07 bits per heavy atom. The van der Waals surface area contributed by atoms with Crippen molar-refractivity contribution in [1.29, 1.82) is 0 Å². The van der Waals surface area contributed by atoms with Gasteiger partial charge in [0.05, 0.1) is 0 Å². The number of rotatable bonds is 5. The van der Waals surface area contributed by atoms with Crippen molar-refractivity contribution < 1.29 is 9.59 Å². The first kappa shape index (κ1) is 18.5. The average molecular weight is 408 g/mol. The molecule has 0 unspecified atom stereocenters. The normalized spacial score (nSPS) is 10.7. The zero-order valence-corrected chi connectivity index (χ0v) is 16.1. The second-order valence-corrected chi connectivity index (χ2v) is 6.75. The highest BCUT2D eigenvalue weighted by atomic mass is 32.1. The van der Waals surface area contributed by atoms with E-state index in [4.69, 9.17) is 0 Å². The minimum atomic E-state index is -0.426. The van der Waals surface area contributed by atoms with Gasteiger partial charge in [0.2, 0.25) is 0 Å². The van der Waals surface area contributed by atoms with Crippen LogP contribution in [-0.4, -0.2) is 43.0 Å². The molecular formula is C18H16N8O2S. The first-order valence-corrected chi connectivity index (χ1v) is 9.59. The summed E-state index contributed by atoms with van der Waals surface area (Å²) in [6.45, 7) is 2.27. The number of amides is 3. The van der Waals surface area contributed by atoms with E-state index in [2.05, 4.69) is 36.0 Å². The number of carbonyl (C=O) groups is 2. The summed E-state index contributed by atoms with van der Waals surface area (Å²) in [5.74, 6) is -0.312. The first-order valence-electron chi connectivity index (χ1n) is 8.71. The smallest absolute Gasteiger partial charge is 0.321 e. The summed E-state index contributed by atoms with van der Waals surface area (Å²) in [4.78, 5) is 37.2. The van der Waals surface area contributed by atoms with Crippen LogP contribution in [0.4, 0.5) is 15.9 Å². The summed E-state index contributed by atoms with van der Waals surface area (Å²) in [5, 5.41) is 14.4. The molecule has 0 bridgehead atoms. The third-order valence-corrected chi connectivity index (χ3v) is 4.57.